The van der Waals surface area contributed by atoms with Gasteiger partial charge in [0.25, 0.3) is 0 Å². The molecule has 0 amide bonds. The summed E-state index contributed by atoms with van der Waals surface area (Å²) in [5.74, 6) is 0. The van der Waals surface area contributed by atoms with Crippen molar-refractivity contribution in [3.05, 3.63) is 29.0 Å². The second kappa shape index (κ2) is 6.39. The minimum atomic E-state index is 0.610. The maximum atomic E-state index is 4.59. The summed E-state index contributed by atoms with van der Waals surface area (Å²) in [6, 6.07) is 4.75. The minimum absolute atomic E-state index is 0.610. The van der Waals surface area contributed by atoms with Gasteiger partial charge in [0.15, 0.2) is 0 Å². The molecule has 0 radical (unpaired) electrons. The van der Waals surface area contributed by atoms with Crippen molar-refractivity contribution in [2.75, 3.05) is 16.8 Å². The van der Waals surface area contributed by atoms with Gasteiger partial charge in [0.2, 0.25) is 0 Å². The molecule has 0 saturated carbocycles. The highest BCUT2D eigenvalue weighted by Gasteiger charge is 2.23. The van der Waals surface area contributed by atoms with Gasteiger partial charge in [-0.2, -0.15) is 0 Å². The van der Waals surface area contributed by atoms with Gasteiger partial charge < -0.3 is 4.90 Å². The highest BCUT2D eigenvalue weighted by molar-refractivity contribution is 9.10. The maximum absolute atomic E-state index is 4.59. The van der Waals surface area contributed by atoms with Crippen LogP contribution < -0.4 is 4.90 Å². The molecular formula is C15H17Br2N3. The van der Waals surface area contributed by atoms with E-state index < -0.39 is 0 Å². The van der Waals surface area contributed by atoms with Crippen molar-refractivity contribution in [1.29, 1.82) is 0 Å². The minimum Gasteiger partial charge on any atom is -0.367 e. The monoisotopic (exact) mass is 397 g/mol. The Morgan fingerprint density at radius 3 is 3.05 bits per heavy atom. The van der Waals surface area contributed by atoms with Crippen molar-refractivity contribution in [2.24, 2.45) is 0 Å². The fraction of sp³-hybridized carbons (Fsp3) is 0.467. The number of pyridine rings is 2. The molecule has 1 saturated heterocycles. The third-order valence-electron chi connectivity index (χ3n) is 3.90. The number of nitrogens with zero attached hydrogens (tertiary/aromatic N) is 3. The van der Waals surface area contributed by atoms with Gasteiger partial charge in [-0.1, -0.05) is 15.9 Å². The van der Waals surface area contributed by atoms with Crippen LogP contribution in [0.1, 0.15) is 25.7 Å². The van der Waals surface area contributed by atoms with E-state index in [9.17, 15) is 0 Å². The molecule has 1 atom stereocenters. The normalized spacial score (nSPS) is 19.5. The zero-order valence-electron chi connectivity index (χ0n) is 11.2. The predicted molar refractivity (Wildman–Crippen MR) is 90.6 cm³/mol. The summed E-state index contributed by atoms with van der Waals surface area (Å²) in [6.07, 6.45) is 8.80. The number of aromatic nitrogens is 2. The van der Waals surface area contributed by atoms with Crippen LogP contribution in [0.4, 0.5) is 5.69 Å². The summed E-state index contributed by atoms with van der Waals surface area (Å²) < 4.78 is 0.977. The molecule has 0 aliphatic carbocycles. The van der Waals surface area contributed by atoms with Crippen molar-refractivity contribution >= 4 is 48.6 Å². The summed E-state index contributed by atoms with van der Waals surface area (Å²) in [5.41, 5.74) is 3.20. The van der Waals surface area contributed by atoms with E-state index in [4.69, 9.17) is 0 Å². The average Bonchev–Trinajstić information content (AvgIpc) is 2.47. The Balaban J connectivity index is 2.03. The first kappa shape index (κ1) is 14.3. The largest absolute Gasteiger partial charge is 0.367 e. The lowest BCUT2D eigenvalue weighted by Gasteiger charge is -2.37. The molecule has 106 valence electrons. The number of anilines is 1. The van der Waals surface area contributed by atoms with Crippen molar-refractivity contribution in [1.82, 2.24) is 9.97 Å². The van der Waals surface area contributed by atoms with E-state index in [1.54, 1.807) is 0 Å². The average molecular weight is 399 g/mol. The van der Waals surface area contributed by atoms with Crippen LogP contribution in [-0.2, 0) is 0 Å². The molecule has 1 unspecified atom stereocenters. The van der Waals surface area contributed by atoms with E-state index in [0.29, 0.717) is 6.04 Å². The maximum Gasteiger partial charge on any atom is 0.112 e. The van der Waals surface area contributed by atoms with E-state index in [1.165, 1.54) is 31.4 Å². The van der Waals surface area contributed by atoms with Gasteiger partial charge in [0, 0.05) is 34.8 Å². The summed E-state index contributed by atoms with van der Waals surface area (Å²) in [4.78, 5) is 11.6. The van der Waals surface area contributed by atoms with Crippen molar-refractivity contribution < 1.29 is 0 Å². The Bertz CT molecular complexity index is 601. The third kappa shape index (κ3) is 2.84. The zero-order valence-corrected chi connectivity index (χ0v) is 14.4. The number of piperidine rings is 1. The number of halogens is 2. The Kier molecular flexibility index (Phi) is 4.56. The van der Waals surface area contributed by atoms with Crippen molar-refractivity contribution in [3.8, 4) is 0 Å². The lowest BCUT2D eigenvalue weighted by molar-refractivity contribution is 0.453. The van der Waals surface area contributed by atoms with Crippen LogP contribution in [0.5, 0.6) is 0 Å². The molecule has 0 spiro atoms. The summed E-state index contributed by atoms with van der Waals surface area (Å²) in [5, 5.41) is 1.05. The molecule has 3 heterocycles. The Morgan fingerprint density at radius 1 is 1.30 bits per heavy atom. The quantitative estimate of drug-likeness (QED) is 0.711. The van der Waals surface area contributed by atoms with Crippen LogP contribution in [0.3, 0.4) is 0 Å². The second-order valence-electron chi connectivity index (χ2n) is 5.17. The third-order valence-corrected chi connectivity index (χ3v) is 4.79. The molecular weight excluding hydrogens is 382 g/mol. The van der Waals surface area contributed by atoms with Gasteiger partial charge in [-0.15, -0.1) is 0 Å². The highest BCUT2D eigenvalue weighted by atomic mass is 79.9. The number of hydrogen-bond donors (Lipinski definition) is 0. The SMILES string of the molecule is BrCCC1CCCCN1c1ccnc2cc(Br)cnc12. The van der Waals surface area contributed by atoms with Crippen LogP contribution in [0.2, 0.25) is 0 Å². The molecule has 1 aliphatic heterocycles. The standard InChI is InChI=1S/C15H17Br2N3/c16-6-4-12-3-1-2-8-20(12)14-5-7-18-13-9-11(17)10-19-15(13)14/h5,7,9-10,12H,1-4,6,8H2. The first-order valence-electron chi connectivity index (χ1n) is 7.02. The van der Waals surface area contributed by atoms with Crippen LogP contribution in [0, 0.1) is 0 Å². The number of rotatable bonds is 3. The van der Waals surface area contributed by atoms with Gasteiger partial charge >= 0.3 is 0 Å². The molecule has 0 aromatic carbocycles. The molecule has 3 nitrogen and oxygen atoms in total. The number of fused-ring (bicyclic) bond motifs is 1. The van der Waals surface area contributed by atoms with Crippen molar-refractivity contribution in [2.45, 2.75) is 31.7 Å². The molecule has 20 heavy (non-hydrogen) atoms. The van der Waals surface area contributed by atoms with Gasteiger partial charge in [-0.3, -0.25) is 9.97 Å². The number of hydrogen-bond acceptors (Lipinski definition) is 3. The lowest BCUT2D eigenvalue weighted by Crippen LogP contribution is -2.40. The van der Waals surface area contributed by atoms with Gasteiger partial charge in [-0.05, 0) is 53.7 Å². The molecule has 3 rings (SSSR count). The lowest BCUT2D eigenvalue weighted by atomic mass is 9.99. The molecule has 2 aromatic rings. The molecule has 2 aromatic heterocycles. The first-order valence-corrected chi connectivity index (χ1v) is 8.94. The molecule has 0 bridgehead atoms. The van der Waals surface area contributed by atoms with Crippen LogP contribution in [0.25, 0.3) is 11.0 Å². The van der Waals surface area contributed by atoms with E-state index in [1.807, 2.05) is 18.5 Å². The zero-order chi connectivity index (χ0) is 13.9. The van der Waals surface area contributed by atoms with Crippen LogP contribution >= 0.6 is 31.9 Å². The van der Waals surface area contributed by atoms with E-state index in [2.05, 4.69) is 52.8 Å². The van der Waals surface area contributed by atoms with Gasteiger partial charge in [-0.25, -0.2) is 0 Å². The van der Waals surface area contributed by atoms with Crippen molar-refractivity contribution in [3.63, 3.8) is 0 Å². The Labute approximate surface area is 136 Å². The first-order chi connectivity index (χ1) is 9.79. The van der Waals surface area contributed by atoms with Gasteiger partial charge in [0.1, 0.15) is 5.52 Å². The molecule has 1 fully saturated rings. The fourth-order valence-electron chi connectivity index (χ4n) is 2.97. The highest BCUT2D eigenvalue weighted by Crippen LogP contribution is 2.31. The smallest absolute Gasteiger partial charge is 0.112 e. The second-order valence-corrected chi connectivity index (χ2v) is 6.88. The Hall–Kier alpha value is -0.680. The summed E-state index contributed by atoms with van der Waals surface area (Å²) in [7, 11) is 0. The van der Waals surface area contributed by atoms with Crippen LogP contribution in [0.15, 0.2) is 29.0 Å². The van der Waals surface area contributed by atoms with E-state index in [-0.39, 0.29) is 0 Å². The Morgan fingerprint density at radius 2 is 2.20 bits per heavy atom. The number of alkyl halides is 1. The summed E-state index contributed by atoms with van der Waals surface area (Å²) in [6.45, 7) is 1.12. The molecule has 5 heteroatoms. The summed E-state index contributed by atoms with van der Waals surface area (Å²) >= 11 is 7.05. The predicted octanol–water partition coefficient (Wildman–Crippen LogP) is 4.54. The van der Waals surface area contributed by atoms with E-state index >= 15 is 0 Å². The van der Waals surface area contributed by atoms with Crippen LogP contribution in [-0.4, -0.2) is 27.9 Å². The van der Waals surface area contributed by atoms with E-state index in [0.717, 1.165) is 27.4 Å². The van der Waals surface area contributed by atoms with Gasteiger partial charge in [0.05, 0.1) is 11.2 Å². The molecule has 1 aliphatic rings. The topological polar surface area (TPSA) is 29.0 Å². The fourth-order valence-corrected chi connectivity index (χ4v) is 3.81. The molecule has 0 N–H and O–H groups in total.